The number of nitrogens with one attached hydrogen (secondary N) is 1. The van der Waals surface area contributed by atoms with E-state index in [-0.39, 0.29) is 0 Å². The Labute approximate surface area is 161 Å². The fraction of sp³-hybridized carbons (Fsp3) is 0.0417. The van der Waals surface area contributed by atoms with Crippen molar-refractivity contribution in [2.24, 2.45) is 0 Å². The summed E-state index contributed by atoms with van der Waals surface area (Å²) in [5.41, 5.74) is 1.05. The zero-order chi connectivity index (χ0) is 18.4. The van der Waals surface area contributed by atoms with Crippen molar-refractivity contribution < 1.29 is 0 Å². The summed E-state index contributed by atoms with van der Waals surface area (Å²) in [5.74, 6) is 0. The molecule has 0 saturated heterocycles. The summed E-state index contributed by atoms with van der Waals surface area (Å²) in [6.07, 6.45) is 1.85. The molecule has 1 aromatic heterocycles. The Morgan fingerprint density at radius 3 is 1.41 bits per heavy atom. The van der Waals surface area contributed by atoms with Gasteiger partial charge in [0.1, 0.15) is 0 Å². The molecule has 0 aliphatic heterocycles. The van der Waals surface area contributed by atoms with Crippen LogP contribution < -0.4 is 20.5 Å². The number of hydrogen-bond acceptors (Lipinski definition) is 2. The molecular formula is C24H22N2Si. The van der Waals surface area contributed by atoms with E-state index in [0.29, 0.717) is 0 Å². The van der Waals surface area contributed by atoms with Gasteiger partial charge in [0.15, 0.2) is 0 Å². The molecule has 27 heavy (non-hydrogen) atoms. The minimum Gasteiger partial charge on any atom is -0.321 e. The van der Waals surface area contributed by atoms with Crippen molar-refractivity contribution in [2.45, 2.75) is 6.54 Å². The monoisotopic (exact) mass is 366 g/mol. The predicted octanol–water partition coefficient (Wildman–Crippen LogP) is 2.84. The van der Waals surface area contributed by atoms with Crippen LogP contribution in [0.25, 0.3) is 0 Å². The van der Waals surface area contributed by atoms with E-state index in [9.17, 15) is 0 Å². The fourth-order valence-electron chi connectivity index (χ4n) is 3.60. The third kappa shape index (κ3) is 3.61. The van der Waals surface area contributed by atoms with E-state index in [4.69, 9.17) is 0 Å². The van der Waals surface area contributed by atoms with Crippen LogP contribution in [0.3, 0.4) is 0 Å². The Kier molecular flexibility index (Phi) is 5.24. The van der Waals surface area contributed by atoms with Gasteiger partial charge < -0.3 is 4.98 Å². The van der Waals surface area contributed by atoms with Gasteiger partial charge in [0.2, 0.25) is 8.24 Å². The van der Waals surface area contributed by atoms with Gasteiger partial charge >= 0.3 is 0 Å². The molecule has 3 aromatic carbocycles. The standard InChI is InChI=1S/C24H22N2Si/c1-4-13-22(14-5-1)27(23-15-6-2-7-16-23,24-17-8-3-9-18-24)26-20-21-12-10-11-19-25-21/h1-19,26H,20H2. The first-order valence-electron chi connectivity index (χ1n) is 9.21. The summed E-state index contributed by atoms with van der Waals surface area (Å²) in [5, 5.41) is 4.04. The van der Waals surface area contributed by atoms with Gasteiger partial charge in [0.05, 0.1) is 5.69 Å². The molecule has 0 saturated carbocycles. The van der Waals surface area contributed by atoms with Gasteiger partial charge in [-0.3, -0.25) is 4.98 Å². The summed E-state index contributed by atoms with van der Waals surface area (Å²) in [6.45, 7) is 0.728. The van der Waals surface area contributed by atoms with Crippen LogP contribution in [0.5, 0.6) is 0 Å². The van der Waals surface area contributed by atoms with Gasteiger partial charge in [-0.2, -0.15) is 0 Å². The molecule has 0 spiro atoms. The Balaban J connectivity index is 1.89. The van der Waals surface area contributed by atoms with Gasteiger partial charge in [-0.05, 0) is 27.7 Å². The first kappa shape index (κ1) is 17.4. The lowest BCUT2D eigenvalue weighted by molar-refractivity contribution is 0.888. The van der Waals surface area contributed by atoms with Crippen molar-refractivity contribution in [1.29, 1.82) is 0 Å². The van der Waals surface area contributed by atoms with Crippen molar-refractivity contribution in [1.82, 2.24) is 9.97 Å². The van der Waals surface area contributed by atoms with Crippen molar-refractivity contribution in [3.8, 4) is 0 Å². The van der Waals surface area contributed by atoms with E-state index >= 15 is 0 Å². The van der Waals surface area contributed by atoms with Gasteiger partial charge in [0, 0.05) is 12.7 Å². The van der Waals surface area contributed by atoms with Crippen LogP contribution in [0.4, 0.5) is 0 Å². The van der Waals surface area contributed by atoms with Crippen LogP contribution in [-0.2, 0) is 6.54 Å². The molecule has 2 nitrogen and oxygen atoms in total. The lowest BCUT2D eigenvalue weighted by Gasteiger charge is -2.34. The molecule has 0 atom stereocenters. The van der Waals surface area contributed by atoms with Gasteiger partial charge in [-0.1, -0.05) is 97.1 Å². The first-order chi connectivity index (χ1) is 13.4. The average Bonchev–Trinajstić information content (AvgIpc) is 2.77. The van der Waals surface area contributed by atoms with Crippen LogP contribution in [-0.4, -0.2) is 13.2 Å². The summed E-state index contributed by atoms with van der Waals surface area (Å²) >= 11 is 0. The van der Waals surface area contributed by atoms with E-state index in [2.05, 4.69) is 107 Å². The highest BCUT2D eigenvalue weighted by atomic mass is 28.3. The Morgan fingerprint density at radius 1 is 0.556 bits per heavy atom. The molecule has 0 fully saturated rings. The Bertz CT molecular complexity index is 861. The lowest BCUT2D eigenvalue weighted by atomic mass is 10.3. The molecule has 1 N–H and O–H groups in total. The molecule has 4 aromatic rings. The maximum Gasteiger partial charge on any atom is 0.222 e. The minimum atomic E-state index is -2.40. The third-order valence-electron chi connectivity index (χ3n) is 4.88. The molecule has 4 rings (SSSR count). The van der Waals surface area contributed by atoms with E-state index < -0.39 is 8.24 Å². The van der Waals surface area contributed by atoms with Crippen molar-refractivity contribution in [3.63, 3.8) is 0 Å². The summed E-state index contributed by atoms with van der Waals surface area (Å²) in [7, 11) is -2.40. The van der Waals surface area contributed by atoms with E-state index in [1.807, 2.05) is 18.3 Å². The van der Waals surface area contributed by atoms with Gasteiger partial charge in [-0.15, -0.1) is 0 Å². The highest BCUT2D eigenvalue weighted by Gasteiger charge is 2.39. The maximum absolute atomic E-state index is 4.52. The quantitative estimate of drug-likeness (QED) is 0.419. The SMILES string of the molecule is c1ccc([Si](NCc2ccccn2)(c2ccccc2)c2ccccc2)cc1. The highest BCUT2D eigenvalue weighted by Crippen LogP contribution is 2.06. The second-order valence-electron chi connectivity index (χ2n) is 6.52. The molecule has 0 bridgehead atoms. The van der Waals surface area contributed by atoms with Crippen molar-refractivity contribution in [2.75, 3.05) is 0 Å². The number of hydrogen-bond donors (Lipinski definition) is 1. The molecule has 0 radical (unpaired) electrons. The first-order valence-corrected chi connectivity index (χ1v) is 11.2. The van der Waals surface area contributed by atoms with Crippen LogP contribution in [0.15, 0.2) is 115 Å². The normalized spacial score (nSPS) is 11.3. The molecule has 132 valence electrons. The Hall–Kier alpha value is -3.01. The lowest BCUT2D eigenvalue weighted by Crippen LogP contribution is -2.76. The van der Waals surface area contributed by atoms with Crippen LogP contribution in [0.2, 0.25) is 0 Å². The summed E-state index contributed by atoms with van der Waals surface area (Å²) in [6, 6.07) is 38.6. The smallest absolute Gasteiger partial charge is 0.222 e. The van der Waals surface area contributed by atoms with Crippen LogP contribution >= 0.6 is 0 Å². The highest BCUT2D eigenvalue weighted by molar-refractivity contribution is 7.09. The fourth-order valence-corrected chi connectivity index (χ4v) is 7.73. The molecule has 0 aliphatic rings. The molecular weight excluding hydrogens is 344 g/mol. The third-order valence-corrected chi connectivity index (χ3v) is 9.19. The maximum atomic E-state index is 4.52. The molecule has 0 amide bonds. The summed E-state index contributed by atoms with van der Waals surface area (Å²) < 4.78 is 0. The van der Waals surface area contributed by atoms with E-state index in [1.165, 1.54) is 15.6 Å². The van der Waals surface area contributed by atoms with Crippen LogP contribution in [0, 0.1) is 0 Å². The molecule has 1 heterocycles. The number of rotatable bonds is 6. The zero-order valence-corrected chi connectivity index (χ0v) is 16.1. The molecule has 0 aliphatic carbocycles. The number of aromatic nitrogens is 1. The van der Waals surface area contributed by atoms with Crippen LogP contribution in [0.1, 0.15) is 5.69 Å². The summed E-state index contributed by atoms with van der Waals surface area (Å²) in [4.78, 5) is 8.50. The largest absolute Gasteiger partial charge is 0.321 e. The number of benzene rings is 3. The van der Waals surface area contributed by atoms with Gasteiger partial charge in [-0.25, -0.2) is 0 Å². The average molecular weight is 367 g/mol. The Morgan fingerprint density at radius 2 is 1.00 bits per heavy atom. The minimum absolute atomic E-state index is 0.728. The van der Waals surface area contributed by atoms with E-state index in [0.717, 1.165) is 12.2 Å². The zero-order valence-electron chi connectivity index (χ0n) is 15.1. The van der Waals surface area contributed by atoms with Gasteiger partial charge in [0.25, 0.3) is 0 Å². The number of pyridine rings is 1. The second kappa shape index (κ2) is 8.12. The van der Waals surface area contributed by atoms with Crippen molar-refractivity contribution in [3.05, 3.63) is 121 Å². The predicted molar refractivity (Wildman–Crippen MR) is 115 cm³/mol. The van der Waals surface area contributed by atoms with Crippen molar-refractivity contribution >= 4 is 23.8 Å². The molecule has 0 unspecified atom stereocenters. The second-order valence-corrected chi connectivity index (χ2v) is 10.1. The number of nitrogens with zero attached hydrogens (tertiary/aromatic N) is 1. The van der Waals surface area contributed by atoms with E-state index in [1.54, 1.807) is 0 Å². The molecule has 3 heteroatoms. The topological polar surface area (TPSA) is 24.9 Å².